The smallest absolute Gasteiger partial charge is 0.341 e. The number of carbonyl (C=O) groups is 1. The van der Waals surface area contributed by atoms with E-state index >= 15 is 0 Å². The highest BCUT2D eigenvalue weighted by Crippen LogP contribution is 2.49. The van der Waals surface area contributed by atoms with Crippen LogP contribution in [-0.4, -0.2) is 24.3 Å². The van der Waals surface area contributed by atoms with Gasteiger partial charge in [0.2, 0.25) is 0 Å². The van der Waals surface area contributed by atoms with Gasteiger partial charge in [0, 0.05) is 21.9 Å². The number of benzene rings is 3. The maximum Gasteiger partial charge on any atom is 0.341 e. The zero-order chi connectivity index (χ0) is 27.6. The second-order valence-electron chi connectivity index (χ2n) is 10.6. The minimum absolute atomic E-state index is 0.0326. The summed E-state index contributed by atoms with van der Waals surface area (Å²) < 4.78 is 18.6. The average molecular weight is 535 g/mol. The molecule has 0 spiro atoms. The van der Waals surface area contributed by atoms with Crippen molar-refractivity contribution in [2.24, 2.45) is 5.92 Å². The molecule has 0 aliphatic carbocycles. The van der Waals surface area contributed by atoms with Crippen LogP contribution in [0.3, 0.4) is 0 Å². The molecule has 1 saturated heterocycles. The first-order valence-electron chi connectivity index (χ1n) is 12.7. The molecule has 200 valence electrons. The number of aryl methyl sites for hydroxylation is 2. The summed E-state index contributed by atoms with van der Waals surface area (Å²) >= 11 is 6.13. The van der Waals surface area contributed by atoms with Crippen molar-refractivity contribution in [2.45, 2.75) is 52.6 Å². The topological polar surface area (TPSA) is 65.0 Å². The zero-order valence-corrected chi connectivity index (χ0v) is 23.4. The molecule has 1 fully saturated rings. The summed E-state index contributed by atoms with van der Waals surface area (Å²) in [5.74, 6) is 0.798. The van der Waals surface area contributed by atoms with Crippen molar-refractivity contribution in [1.82, 2.24) is 0 Å². The van der Waals surface area contributed by atoms with Crippen molar-refractivity contribution in [3.05, 3.63) is 99.6 Å². The standard InChI is InChI=1S/C32H35ClO5/c1-19(2)27-16-32(6,23-7-9-24(33)10-8-23)18-37-31(27)26-15-25(11-12-28(26)36-17-30(34)35)38-29-14-20(3)13-21(4)22(29)5/h7-15,27,31H,1,16-18H2,2-6H3,(H,34,35)/t27-,31-,32-/m0/s1. The summed E-state index contributed by atoms with van der Waals surface area (Å²) in [6.07, 6.45) is 0.425. The summed E-state index contributed by atoms with van der Waals surface area (Å²) in [5.41, 5.74) is 5.97. The van der Waals surface area contributed by atoms with Crippen LogP contribution in [-0.2, 0) is 14.9 Å². The molecule has 0 unspecified atom stereocenters. The number of ether oxygens (including phenoxy) is 3. The quantitative estimate of drug-likeness (QED) is 0.295. The van der Waals surface area contributed by atoms with Crippen molar-refractivity contribution >= 4 is 17.6 Å². The Morgan fingerprint density at radius 3 is 2.47 bits per heavy atom. The van der Waals surface area contributed by atoms with Gasteiger partial charge in [0.05, 0.1) is 12.7 Å². The average Bonchev–Trinajstić information content (AvgIpc) is 2.86. The van der Waals surface area contributed by atoms with Crippen LogP contribution in [0.25, 0.3) is 0 Å². The third-order valence-corrected chi connectivity index (χ3v) is 7.67. The summed E-state index contributed by atoms with van der Waals surface area (Å²) in [6, 6.07) is 17.5. The Bertz CT molecular complexity index is 1350. The normalized spacial score (nSPS) is 21.1. The lowest BCUT2D eigenvalue weighted by Gasteiger charge is -2.44. The van der Waals surface area contributed by atoms with Crippen LogP contribution in [0.1, 0.15) is 54.2 Å². The van der Waals surface area contributed by atoms with Crippen LogP contribution < -0.4 is 9.47 Å². The van der Waals surface area contributed by atoms with Gasteiger partial charge in [-0.3, -0.25) is 0 Å². The highest BCUT2D eigenvalue weighted by molar-refractivity contribution is 6.30. The fourth-order valence-corrected chi connectivity index (χ4v) is 5.28. The van der Waals surface area contributed by atoms with Gasteiger partial charge in [-0.15, -0.1) is 0 Å². The molecule has 0 saturated carbocycles. The first-order valence-corrected chi connectivity index (χ1v) is 13.1. The van der Waals surface area contributed by atoms with Gasteiger partial charge in [-0.25, -0.2) is 4.79 Å². The van der Waals surface area contributed by atoms with Gasteiger partial charge in [-0.1, -0.05) is 48.9 Å². The van der Waals surface area contributed by atoms with E-state index in [1.807, 2.05) is 57.2 Å². The first kappa shape index (κ1) is 27.7. The molecule has 1 aliphatic heterocycles. The monoisotopic (exact) mass is 534 g/mol. The Balaban J connectivity index is 1.71. The molecule has 0 radical (unpaired) electrons. The first-order chi connectivity index (χ1) is 18.0. The number of hydrogen-bond acceptors (Lipinski definition) is 4. The van der Waals surface area contributed by atoms with Crippen LogP contribution in [0.15, 0.2) is 66.7 Å². The molecule has 3 atom stereocenters. The Kier molecular flexibility index (Phi) is 8.19. The zero-order valence-electron chi connectivity index (χ0n) is 22.6. The van der Waals surface area contributed by atoms with Gasteiger partial charge >= 0.3 is 5.97 Å². The van der Waals surface area contributed by atoms with Crippen molar-refractivity contribution in [1.29, 1.82) is 0 Å². The second kappa shape index (κ2) is 11.2. The molecule has 3 aromatic carbocycles. The lowest BCUT2D eigenvalue weighted by Crippen LogP contribution is -2.40. The molecule has 4 rings (SSSR count). The molecular weight excluding hydrogens is 500 g/mol. The number of halogens is 1. The third-order valence-electron chi connectivity index (χ3n) is 7.42. The molecule has 6 heteroatoms. The molecule has 5 nitrogen and oxygen atoms in total. The van der Waals surface area contributed by atoms with Gasteiger partial charge in [-0.05, 0) is 92.8 Å². The second-order valence-corrected chi connectivity index (χ2v) is 11.1. The Hall–Kier alpha value is -3.28. The SMILES string of the molecule is C=C(C)[C@@H]1C[C@](C)(c2ccc(Cl)cc2)CO[C@H]1c1cc(Oc2cc(C)cc(C)c2C)ccc1OCC(=O)O. The molecule has 1 aliphatic rings. The van der Waals surface area contributed by atoms with Crippen molar-refractivity contribution < 1.29 is 24.1 Å². The molecular formula is C32H35ClO5. The lowest BCUT2D eigenvalue weighted by molar-refractivity contribution is -0.139. The fraction of sp³-hybridized carbons (Fsp3) is 0.344. The van der Waals surface area contributed by atoms with Crippen molar-refractivity contribution in [3.8, 4) is 17.2 Å². The molecule has 0 bridgehead atoms. The number of hydrogen-bond donors (Lipinski definition) is 1. The lowest BCUT2D eigenvalue weighted by atomic mass is 9.70. The van der Waals surface area contributed by atoms with Crippen LogP contribution in [0.4, 0.5) is 0 Å². The molecule has 0 aromatic heterocycles. The predicted molar refractivity (Wildman–Crippen MR) is 151 cm³/mol. The predicted octanol–water partition coefficient (Wildman–Crippen LogP) is 8.13. The molecule has 1 heterocycles. The summed E-state index contributed by atoms with van der Waals surface area (Å²) in [7, 11) is 0. The van der Waals surface area contributed by atoms with E-state index in [9.17, 15) is 9.90 Å². The maximum atomic E-state index is 11.3. The van der Waals surface area contributed by atoms with Gasteiger partial charge in [0.1, 0.15) is 17.2 Å². The number of carboxylic acids is 1. The highest BCUT2D eigenvalue weighted by atomic mass is 35.5. The Labute approximate surface area is 230 Å². The van der Waals surface area contributed by atoms with Crippen LogP contribution in [0.5, 0.6) is 17.2 Å². The van der Waals surface area contributed by atoms with Crippen LogP contribution in [0, 0.1) is 26.7 Å². The van der Waals surface area contributed by atoms with E-state index in [4.69, 9.17) is 25.8 Å². The molecule has 1 N–H and O–H groups in total. The van der Waals surface area contributed by atoms with Gasteiger partial charge in [0.15, 0.2) is 6.61 Å². The van der Waals surface area contributed by atoms with E-state index in [0.717, 1.165) is 45.6 Å². The number of aliphatic carboxylic acids is 1. The van der Waals surface area contributed by atoms with Crippen molar-refractivity contribution in [2.75, 3.05) is 13.2 Å². The molecule has 38 heavy (non-hydrogen) atoms. The minimum atomic E-state index is -1.04. The largest absolute Gasteiger partial charge is 0.482 e. The van der Waals surface area contributed by atoms with Crippen LogP contribution in [0.2, 0.25) is 5.02 Å². The summed E-state index contributed by atoms with van der Waals surface area (Å²) in [6.45, 7) is 14.6. The van der Waals surface area contributed by atoms with Crippen LogP contribution >= 0.6 is 11.6 Å². The van der Waals surface area contributed by atoms with E-state index in [1.54, 1.807) is 12.1 Å². The third kappa shape index (κ3) is 6.06. The minimum Gasteiger partial charge on any atom is -0.482 e. The highest BCUT2D eigenvalue weighted by Gasteiger charge is 2.42. The number of rotatable bonds is 8. The Morgan fingerprint density at radius 1 is 1.11 bits per heavy atom. The molecule has 3 aromatic rings. The van der Waals surface area contributed by atoms with E-state index in [1.165, 1.54) is 0 Å². The van der Waals surface area contributed by atoms with Gasteiger partial charge in [-0.2, -0.15) is 0 Å². The fourth-order valence-electron chi connectivity index (χ4n) is 5.15. The van der Waals surface area contributed by atoms with E-state index in [-0.39, 0.29) is 17.4 Å². The van der Waals surface area contributed by atoms with E-state index in [0.29, 0.717) is 23.1 Å². The molecule has 0 amide bonds. The van der Waals surface area contributed by atoms with E-state index in [2.05, 4.69) is 26.5 Å². The van der Waals surface area contributed by atoms with Crippen molar-refractivity contribution in [3.63, 3.8) is 0 Å². The van der Waals surface area contributed by atoms with Gasteiger partial charge < -0.3 is 19.3 Å². The Morgan fingerprint density at radius 2 is 1.82 bits per heavy atom. The van der Waals surface area contributed by atoms with Gasteiger partial charge in [0.25, 0.3) is 0 Å². The summed E-state index contributed by atoms with van der Waals surface area (Å²) in [5, 5.41) is 9.95. The van der Waals surface area contributed by atoms with E-state index < -0.39 is 12.6 Å². The summed E-state index contributed by atoms with van der Waals surface area (Å²) in [4.78, 5) is 11.3. The maximum absolute atomic E-state index is 11.3. The number of carboxylic acid groups (broad SMARTS) is 1.